The van der Waals surface area contributed by atoms with Crippen LogP contribution in [0.1, 0.15) is 55.7 Å². The Kier molecular flexibility index (Phi) is 5.96. The van der Waals surface area contributed by atoms with Gasteiger partial charge in [-0.15, -0.1) is 0 Å². The highest BCUT2D eigenvalue weighted by atomic mass is 16.5. The smallest absolute Gasteiger partial charge is 0.306 e. The highest BCUT2D eigenvalue weighted by Crippen LogP contribution is 2.46. The first kappa shape index (κ1) is 21.1. The van der Waals surface area contributed by atoms with Gasteiger partial charge in [0.2, 0.25) is 5.75 Å². The Labute approximate surface area is 189 Å². The first-order valence-corrected chi connectivity index (χ1v) is 11.6. The number of esters is 1. The van der Waals surface area contributed by atoms with E-state index in [1.807, 2.05) is 30.3 Å². The fourth-order valence-corrected chi connectivity index (χ4v) is 5.45. The van der Waals surface area contributed by atoms with Crippen LogP contribution in [0, 0.1) is 0 Å². The summed E-state index contributed by atoms with van der Waals surface area (Å²) in [6.07, 6.45) is 6.24. The monoisotopic (exact) mass is 437 g/mol. The van der Waals surface area contributed by atoms with Gasteiger partial charge in [0.05, 0.1) is 14.2 Å². The molecule has 0 radical (unpaired) electrons. The lowest BCUT2D eigenvalue weighted by Crippen LogP contribution is -2.49. The van der Waals surface area contributed by atoms with E-state index < -0.39 is 0 Å². The highest BCUT2D eigenvalue weighted by molar-refractivity contribution is 5.70. The Morgan fingerprint density at radius 1 is 1.00 bits per heavy atom. The van der Waals surface area contributed by atoms with Crippen LogP contribution in [-0.4, -0.2) is 43.8 Å². The normalized spacial score (nSPS) is 25.6. The number of hydrogen-bond acceptors (Lipinski definition) is 6. The summed E-state index contributed by atoms with van der Waals surface area (Å²) < 4.78 is 23.7. The quantitative estimate of drug-likeness (QED) is 0.614. The molecule has 6 bridgehead atoms. The molecule has 0 saturated carbocycles. The van der Waals surface area contributed by atoms with Gasteiger partial charge in [-0.25, -0.2) is 0 Å². The minimum atomic E-state index is -0.110. The molecule has 2 aromatic carbocycles. The van der Waals surface area contributed by atoms with Gasteiger partial charge < -0.3 is 18.9 Å². The number of fused-ring (bicyclic) bond motifs is 6. The maximum absolute atomic E-state index is 12.7. The molecule has 32 heavy (non-hydrogen) atoms. The zero-order chi connectivity index (χ0) is 22.1. The molecule has 4 aliphatic heterocycles. The molecule has 2 aromatic rings. The minimum absolute atomic E-state index is 0.0729. The van der Waals surface area contributed by atoms with Crippen LogP contribution in [-0.2, 0) is 16.0 Å². The van der Waals surface area contributed by atoms with E-state index in [-0.39, 0.29) is 18.1 Å². The SMILES string of the molecule is COc1cc2cc(c1OC)Oc1ccc(cc1)CCC(=O)O[C@@H]1C[C@H]3CCCCN3[C@H]2C1. The summed E-state index contributed by atoms with van der Waals surface area (Å²) in [5.41, 5.74) is 2.19. The van der Waals surface area contributed by atoms with E-state index in [0.717, 1.165) is 42.7 Å². The summed E-state index contributed by atoms with van der Waals surface area (Å²) in [7, 11) is 3.28. The molecule has 6 nitrogen and oxygen atoms in total. The summed E-state index contributed by atoms with van der Waals surface area (Å²) in [5.74, 6) is 2.48. The standard InChI is InChI=1S/C26H31NO5/c1-29-23-13-18-14-24(26(23)30-2)31-20-9-6-17(7-10-20)8-11-25(28)32-21-15-19-5-3-4-12-27(19)22(18)16-21/h6-7,9-10,13-14,19,21-22H,3-5,8,11-12,15-16H2,1-2H3/t19-,21-,22+/m1/s1. The second kappa shape index (κ2) is 9.02. The van der Waals surface area contributed by atoms with E-state index >= 15 is 0 Å². The van der Waals surface area contributed by atoms with Gasteiger partial charge in [-0.1, -0.05) is 18.6 Å². The number of benzene rings is 2. The Balaban J connectivity index is 1.61. The van der Waals surface area contributed by atoms with Crippen LogP contribution in [0.2, 0.25) is 0 Å². The molecule has 2 fully saturated rings. The third kappa shape index (κ3) is 4.16. The molecule has 6 rings (SSSR count). The maximum atomic E-state index is 12.7. The van der Waals surface area contributed by atoms with Gasteiger partial charge in [0.25, 0.3) is 0 Å². The minimum Gasteiger partial charge on any atom is -0.493 e. The van der Waals surface area contributed by atoms with Crippen LogP contribution in [0.4, 0.5) is 0 Å². The number of rotatable bonds is 2. The van der Waals surface area contributed by atoms with Crippen molar-refractivity contribution in [1.82, 2.24) is 4.90 Å². The van der Waals surface area contributed by atoms with E-state index in [1.165, 1.54) is 12.8 Å². The fourth-order valence-electron chi connectivity index (χ4n) is 5.45. The van der Waals surface area contributed by atoms with E-state index in [4.69, 9.17) is 18.9 Å². The molecular formula is C26H31NO5. The number of carbonyl (C=O) groups excluding carboxylic acids is 1. The lowest BCUT2D eigenvalue weighted by atomic mass is 9.84. The molecule has 170 valence electrons. The van der Waals surface area contributed by atoms with Crippen LogP contribution in [0.5, 0.6) is 23.0 Å². The van der Waals surface area contributed by atoms with Crippen LogP contribution in [0.25, 0.3) is 0 Å². The third-order valence-corrected chi connectivity index (χ3v) is 7.01. The van der Waals surface area contributed by atoms with Gasteiger partial charge in [-0.2, -0.15) is 0 Å². The molecule has 6 heteroatoms. The van der Waals surface area contributed by atoms with Crippen molar-refractivity contribution in [1.29, 1.82) is 0 Å². The fraction of sp³-hybridized carbons (Fsp3) is 0.500. The molecule has 3 atom stereocenters. The van der Waals surface area contributed by atoms with Crippen molar-refractivity contribution < 1.29 is 23.7 Å². The van der Waals surface area contributed by atoms with Crippen LogP contribution >= 0.6 is 0 Å². The summed E-state index contributed by atoms with van der Waals surface area (Å²) in [4.78, 5) is 15.2. The van der Waals surface area contributed by atoms with E-state index in [0.29, 0.717) is 36.1 Å². The molecule has 4 heterocycles. The predicted molar refractivity (Wildman–Crippen MR) is 121 cm³/mol. The number of ether oxygens (including phenoxy) is 4. The third-order valence-electron chi connectivity index (χ3n) is 7.01. The summed E-state index contributed by atoms with van der Waals surface area (Å²) in [6, 6.07) is 12.5. The van der Waals surface area contributed by atoms with Gasteiger partial charge in [-0.05, 0) is 61.2 Å². The predicted octanol–water partition coefficient (Wildman–Crippen LogP) is 5.04. The van der Waals surface area contributed by atoms with Gasteiger partial charge >= 0.3 is 5.97 Å². The number of piperidine rings is 2. The number of methoxy groups -OCH3 is 2. The molecule has 2 saturated heterocycles. The topological polar surface area (TPSA) is 57.2 Å². The molecule has 0 aromatic heterocycles. The molecule has 4 aliphatic rings. The zero-order valence-corrected chi connectivity index (χ0v) is 18.8. The summed E-state index contributed by atoms with van der Waals surface area (Å²) >= 11 is 0. The van der Waals surface area contributed by atoms with Crippen LogP contribution < -0.4 is 14.2 Å². The molecule has 0 amide bonds. The second-order valence-corrected chi connectivity index (χ2v) is 8.99. The van der Waals surface area contributed by atoms with Crippen molar-refractivity contribution in [2.75, 3.05) is 20.8 Å². The number of nitrogens with zero attached hydrogens (tertiary/aromatic N) is 1. The average molecular weight is 438 g/mol. The van der Waals surface area contributed by atoms with E-state index in [1.54, 1.807) is 14.2 Å². The van der Waals surface area contributed by atoms with E-state index in [2.05, 4.69) is 11.0 Å². The molecular weight excluding hydrogens is 406 g/mol. The van der Waals surface area contributed by atoms with Crippen LogP contribution in [0.3, 0.4) is 0 Å². The molecule has 0 unspecified atom stereocenters. The molecule has 0 aliphatic carbocycles. The Bertz CT molecular complexity index is 973. The maximum Gasteiger partial charge on any atom is 0.306 e. The van der Waals surface area contributed by atoms with Crippen molar-refractivity contribution in [3.05, 3.63) is 47.5 Å². The van der Waals surface area contributed by atoms with Crippen molar-refractivity contribution in [3.8, 4) is 23.0 Å². The highest BCUT2D eigenvalue weighted by Gasteiger charge is 2.39. The molecule has 0 spiro atoms. The average Bonchev–Trinajstić information content (AvgIpc) is 2.82. The number of hydrogen-bond donors (Lipinski definition) is 0. The Morgan fingerprint density at radius 2 is 1.84 bits per heavy atom. The first-order chi connectivity index (χ1) is 15.6. The summed E-state index contributed by atoms with van der Waals surface area (Å²) in [6.45, 7) is 1.06. The van der Waals surface area contributed by atoms with Gasteiger partial charge in [0.15, 0.2) is 11.5 Å². The zero-order valence-electron chi connectivity index (χ0n) is 18.8. The summed E-state index contributed by atoms with van der Waals surface area (Å²) in [5, 5.41) is 0. The van der Waals surface area contributed by atoms with Crippen molar-refractivity contribution in [2.45, 2.75) is 63.1 Å². The largest absolute Gasteiger partial charge is 0.493 e. The second-order valence-electron chi connectivity index (χ2n) is 8.99. The lowest BCUT2D eigenvalue weighted by molar-refractivity contribution is -0.154. The molecule has 0 N–H and O–H groups in total. The van der Waals surface area contributed by atoms with Gasteiger partial charge in [0.1, 0.15) is 11.9 Å². The van der Waals surface area contributed by atoms with Crippen molar-refractivity contribution in [3.63, 3.8) is 0 Å². The van der Waals surface area contributed by atoms with Crippen LogP contribution in [0.15, 0.2) is 36.4 Å². The lowest BCUT2D eigenvalue weighted by Gasteiger charge is -2.47. The van der Waals surface area contributed by atoms with Gasteiger partial charge in [0, 0.05) is 31.3 Å². The van der Waals surface area contributed by atoms with E-state index in [9.17, 15) is 4.79 Å². The Hall–Kier alpha value is -2.73. The number of carbonyl (C=O) groups is 1. The Morgan fingerprint density at radius 3 is 2.62 bits per heavy atom. The van der Waals surface area contributed by atoms with Crippen molar-refractivity contribution in [2.24, 2.45) is 0 Å². The first-order valence-electron chi connectivity index (χ1n) is 11.6. The van der Waals surface area contributed by atoms with Gasteiger partial charge in [-0.3, -0.25) is 9.69 Å². The van der Waals surface area contributed by atoms with Crippen molar-refractivity contribution >= 4 is 5.97 Å². The number of aryl methyl sites for hydroxylation is 1.